The molecular weight excluding hydrogens is 487 g/mol. The van der Waals surface area contributed by atoms with Crippen LogP contribution in [-0.4, -0.2) is 64.9 Å². The molecule has 2 rings (SSSR count). The van der Waals surface area contributed by atoms with Gasteiger partial charge in [0, 0.05) is 38.5 Å². The predicted molar refractivity (Wildman–Crippen MR) is 123 cm³/mol. The fourth-order valence-corrected chi connectivity index (χ4v) is 2.58. The van der Waals surface area contributed by atoms with Crippen LogP contribution < -0.4 is 10.6 Å². The molecule has 1 aromatic heterocycles. The normalized spacial score (nSPS) is 15.0. The molecule has 166 valence electrons. The summed E-state index contributed by atoms with van der Waals surface area (Å²) in [5.74, 6) is 2.42. The van der Waals surface area contributed by atoms with Gasteiger partial charge in [0.1, 0.15) is 5.60 Å². The number of aromatic nitrogens is 2. The van der Waals surface area contributed by atoms with Crippen LogP contribution in [0.3, 0.4) is 0 Å². The Balaban J connectivity index is 0.00000420. The van der Waals surface area contributed by atoms with E-state index in [2.05, 4.69) is 25.8 Å². The second-order valence-corrected chi connectivity index (χ2v) is 8.29. The second kappa shape index (κ2) is 11.6. The molecule has 9 nitrogen and oxygen atoms in total. The van der Waals surface area contributed by atoms with Crippen molar-refractivity contribution in [3.05, 3.63) is 11.7 Å². The molecule has 1 amide bonds. The molecule has 1 saturated heterocycles. The van der Waals surface area contributed by atoms with Crippen molar-refractivity contribution >= 4 is 36.0 Å². The summed E-state index contributed by atoms with van der Waals surface area (Å²) in [6.07, 6.45) is 1.26. The number of carbonyl (C=O) groups excluding carboxylic acids is 1. The number of rotatable bonds is 7. The molecule has 0 atom stereocenters. The number of aliphatic imine (C=N–C) groups is 1. The molecule has 0 bridgehead atoms. The lowest BCUT2D eigenvalue weighted by Crippen LogP contribution is -2.63. The summed E-state index contributed by atoms with van der Waals surface area (Å²) in [6, 6.07) is 0.176. The summed E-state index contributed by atoms with van der Waals surface area (Å²) < 4.78 is 10.6. The van der Waals surface area contributed by atoms with Crippen LogP contribution in [0.5, 0.6) is 0 Å². The van der Waals surface area contributed by atoms with Crippen molar-refractivity contribution in [2.45, 2.75) is 71.9 Å². The maximum Gasteiger partial charge on any atom is 0.410 e. The minimum atomic E-state index is -0.472. The van der Waals surface area contributed by atoms with Gasteiger partial charge in [0.2, 0.25) is 5.89 Å². The van der Waals surface area contributed by atoms with Gasteiger partial charge in [-0.3, -0.25) is 4.99 Å². The number of nitrogens with one attached hydrogen (secondary N) is 2. The van der Waals surface area contributed by atoms with Crippen LogP contribution in [0.4, 0.5) is 4.79 Å². The van der Waals surface area contributed by atoms with Gasteiger partial charge in [0.15, 0.2) is 11.8 Å². The zero-order chi connectivity index (χ0) is 20.7. The van der Waals surface area contributed by atoms with Gasteiger partial charge >= 0.3 is 6.09 Å². The topological polar surface area (TPSA) is 105 Å². The fourth-order valence-electron chi connectivity index (χ4n) is 2.58. The first-order chi connectivity index (χ1) is 13.2. The lowest BCUT2D eigenvalue weighted by Gasteiger charge is -2.40. The number of hydrogen-bond acceptors (Lipinski definition) is 6. The number of carbonyl (C=O) groups is 1. The first-order valence-electron chi connectivity index (χ1n) is 10.0. The fraction of sp³-hybridized carbons (Fsp3) is 0.789. The van der Waals surface area contributed by atoms with E-state index in [0.29, 0.717) is 31.9 Å². The predicted octanol–water partition coefficient (Wildman–Crippen LogP) is 2.92. The number of amides is 1. The largest absolute Gasteiger partial charge is 0.444 e. The monoisotopic (exact) mass is 522 g/mol. The van der Waals surface area contributed by atoms with Crippen LogP contribution in [0.15, 0.2) is 9.52 Å². The van der Waals surface area contributed by atoms with Crippen molar-refractivity contribution in [2.24, 2.45) is 4.99 Å². The van der Waals surface area contributed by atoms with E-state index in [-0.39, 0.29) is 42.0 Å². The van der Waals surface area contributed by atoms with Gasteiger partial charge in [0.25, 0.3) is 0 Å². The molecule has 0 aliphatic carbocycles. The number of hydrogen-bond donors (Lipinski definition) is 2. The van der Waals surface area contributed by atoms with Crippen molar-refractivity contribution in [3.63, 3.8) is 0 Å². The number of guanidine groups is 1. The minimum absolute atomic E-state index is 0. The quantitative estimate of drug-likeness (QED) is 0.246. The molecule has 10 heteroatoms. The Labute approximate surface area is 190 Å². The van der Waals surface area contributed by atoms with Gasteiger partial charge in [-0.25, -0.2) is 4.79 Å². The molecule has 0 saturated carbocycles. The maximum absolute atomic E-state index is 12.0. The van der Waals surface area contributed by atoms with Gasteiger partial charge in [-0.1, -0.05) is 19.0 Å². The van der Waals surface area contributed by atoms with Crippen LogP contribution in [0, 0.1) is 0 Å². The van der Waals surface area contributed by atoms with E-state index in [1.54, 1.807) is 4.90 Å². The zero-order valence-electron chi connectivity index (χ0n) is 18.3. The van der Waals surface area contributed by atoms with E-state index < -0.39 is 5.60 Å². The molecule has 1 aromatic rings. The molecule has 0 spiro atoms. The average Bonchev–Trinajstić information content (AvgIpc) is 3.01. The Morgan fingerprint density at radius 2 is 2.07 bits per heavy atom. The molecule has 1 aliphatic heterocycles. The Hall–Kier alpha value is -1.59. The molecule has 0 radical (unpaired) electrons. The van der Waals surface area contributed by atoms with Crippen molar-refractivity contribution in [2.75, 3.05) is 26.2 Å². The summed E-state index contributed by atoms with van der Waals surface area (Å²) in [7, 11) is 0. The first kappa shape index (κ1) is 25.4. The molecule has 2 N–H and O–H groups in total. The van der Waals surface area contributed by atoms with Crippen molar-refractivity contribution in [3.8, 4) is 0 Å². The van der Waals surface area contributed by atoms with E-state index in [0.717, 1.165) is 24.7 Å². The summed E-state index contributed by atoms with van der Waals surface area (Å²) in [6.45, 7) is 14.4. The Morgan fingerprint density at radius 1 is 1.38 bits per heavy atom. The highest BCUT2D eigenvalue weighted by atomic mass is 127. The highest BCUT2D eigenvalue weighted by molar-refractivity contribution is 14.0. The van der Waals surface area contributed by atoms with Crippen LogP contribution in [-0.2, 0) is 11.2 Å². The maximum atomic E-state index is 12.0. The van der Waals surface area contributed by atoms with Gasteiger partial charge in [-0.2, -0.15) is 4.98 Å². The molecule has 1 aliphatic rings. The summed E-state index contributed by atoms with van der Waals surface area (Å²) in [5, 5.41) is 10.6. The Morgan fingerprint density at radius 3 is 2.62 bits per heavy atom. The third-order valence-electron chi connectivity index (χ3n) is 4.04. The summed E-state index contributed by atoms with van der Waals surface area (Å²) in [5.41, 5.74) is -0.472. The van der Waals surface area contributed by atoms with Crippen molar-refractivity contribution in [1.29, 1.82) is 0 Å². The summed E-state index contributed by atoms with van der Waals surface area (Å²) in [4.78, 5) is 22.7. The third-order valence-corrected chi connectivity index (χ3v) is 4.04. The molecule has 2 heterocycles. The Kier molecular flexibility index (Phi) is 10.1. The number of nitrogens with zero attached hydrogens (tertiary/aromatic N) is 4. The second-order valence-electron chi connectivity index (χ2n) is 8.29. The van der Waals surface area contributed by atoms with Crippen LogP contribution in [0.25, 0.3) is 0 Å². The lowest BCUT2D eigenvalue weighted by molar-refractivity contribution is 0.00701. The number of aryl methyl sites for hydroxylation is 1. The lowest BCUT2D eigenvalue weighted by atomic mass is 10.1. The van der Waals surface area contributed by atoms with E-state index >= 15 is 0 Å². The molecule has 29 heavy (non-hydrogen) atoms. The first-order valence-corrected chi connectivity index (χ1v) is 10.0. The standard InChI is InChI=1S/C19H34N6O3.HI/c1-7-20-17(21-10-8-9-15-23-16(13(2)3)24-28-15)22-14-11-25(12-14)18(26)27-19(4,5)6;/h13-14H,7-12H2,1-6H3,(H2,20,21,22);1H. The van der Waals surface area contributed by atoms with Crippen molar-refractivity contribution < 1.29 is 14.1 Å². The van der Waals surface area contributed by atoms with Crippen LogP contribution >= 0.6 is 24.0 Å². The highest BCUT2D eigenvalue weighted by Crippen LogP contribution is 2.15. The number of halogens is 1. The number of ether oxygens (including phenoxy) is 1. The molecule has 0 aromatic carbocycles. The summed E-state index contributed by atoms with van der Waals surface area (Å²) >= 11 is 0. The Bertz CT molecular complexity index is 665. The van der Waals surface area contributed by atoms with Crippen LogP contribution in [0.2, 0.25) is 0 Å². The smallest absolute Gasteiger partial charge is 0.410 e. The van der Waals surface area contributed by atoms with E-state index in [9.17, 15) is 4.79 Å². The minimum Gasteiger partial charge on any atom is -0.444 e. The highest BCUT2D eigenvalue weighted by Gasteiger charge is 2.34. The van der Waals surface area contributed by atoms with Gasteiger partial charge in [0.05, 0.1) is 6.04 Å². The zero-order valence-corrected chi connectivity index (χ0v) is 20.6. The van der Waals surface area contributed by atoms with E-state index in [1.165, 1.54) is 0 Å². The van der Waals surface area contributed by atoms with Gasteiger partial charge < -0.3 is 24.8 Å². The average molecular weight is 522 g/mol. The van der Waals surface area contributed by atoms with E-state index in [1.807, 2.05) is 41.5 Å². The number of likely N-dealkylation sites (tertiary alicyclic amines) is 1. The molecule has 1 fully saturated rings. The van der Waals surface area contributed by atoms with Gasteiger partial charge in [-0.15, -0.1) is 24.0 Å². The van der Waals surface area contributed by atoms with Gasteiger partial charge in [-0.05, 0) is 34.1 Å². The third kappa shape index (κ3) is 8.75. The van der Waals surface area contributed by atoms with Crippen molar-refractivity contribution in [1.82, 2.24) is 25.7 Å². The van der Waals surface area contributed by atoms with E-state index in [4.69, 9.17) is 9.26 Å². The SMILES string of the molecule is CCNC(=NCCCc1nc(C(C)C)no1)NC1CN(C(=O)OC(C)(C)C)C1.I. The molecular formula is C19H35IN6O3. The molecule has 0 unspecified atom stereocenters. The van der Waals surface area contributed by atoms with Crippen LogP contribution in [0.1, 0.15) is 65.6 Å².